The third-order valence-corrected chi connectivity index (χ3v) is 6.74. The average molecular weight is 555 g/mol. The van der Waals surface area contributed by atoms with Crippen molar-refractivity contribution in [1.82, 2.24) is 4.90 Å². The first kappa shape index (κ1) is 23.3. The highest BCUT2D eigenvalue weighted by Gasteiger charge is 2.44. The predicted octanol–water partition coefficient (Wildman–Crippen LogP) is 6.81. The number of benzene rings is 3. The number of amides is 1. The van der Waals surface area contributed by atoms with Crippen LogP contribution in [-0.4, -0.2) is 28.2 Å². The number of ketones is 1. The normalized spacial score (nSPS) is 15.9. The maximum Gasteiger partial charge on any atom is 0.290 e. The first-order chi connectivity index (χ1) is 16.8. The summed E-state index contributed by atoms with van der Waals surface area (Å²) in [5.41, 5.74) is 1.89. The SMILES string of the molecule is O=C(C1=C(O)C(=O)N(CCc2ccc(F)cc2)C1c1ccc(Cl)cc1)c1cc2cc(Br)ccc2o1. The zero-order valence-corrected chi connectivity index (χ0v) is 20.5. The summed E-state index contributed by atoms with van der Waals surface area (Å²) in [5, 5.41) is 12.1. The molecule has 176 valence electrons. The van der Waals surface area contributed by atoms with Gasteiger partial charge in [-0.15, -0.1) is 0 Å². The fraction of sp³-hybridized carbons (Fsp3) is 0.111. The van der Waals surface area contributed by atoms with Gasteiger partial charge >= 0.3 is 0 Å². The molecule has 0 bridgehead atoms. The first-order valence-corrected chi connectivity index (χ1v) is 12.0. The Morgan fingerprint density at radius 3 is 2.49 bits per heavy atom. The van der Waals surface area contributed by atoms with Crippen LogP contribution in [0.3, 0.4) is 0 Å². The van der Waals surface area contributed by atoms with Gasteiger partial charge in [-0.3, -0.25) is 9.59 Å². The molecule has 1 aromatic heterocycles. The summed E-state index contributed by atoms with van der Waals surface area (Å²) in [7, 11) is 0. The van der Waals surface area contributed by atoms with E-state index in [1.54, 1.807) is 54.6 Å². The second-order valence-electron chi connectivity index (χ2n) is 8.21. The summed E-state index contributed by atoms with van der Waals surface area (Å²) in [4.78, 5) is 28.2. The molecule has 1 unspecified atom stereocenters. The van der Waals surface area contributed by atoms with Gasteiger partial charge in [0.25, 0.3) is 5.91 Å². The Labute approximate surface area is 213 Å². The molecule has 8 heteroatoms. The summed E-state index contributed by atoms with van der Waals surface area (Å²) in [6.07, 6.45) is 0.406. The quantitative estimate of drug-likeness (QED) is 0.266. The second kappa shape index (κ2) is 9.32. The maximum absolute atomic E-state index is 13.6. The molecular formula is C27H18BrClFNO4. The Morgan fingerprint density at radius 1 is 1.06 bits per heavy atom. The smallest absolute Gasteiger partial charge is 0.290 e. The van der Waals surface area contributed by atoms with E-state index in [1.165, 1.54) is 17.0 Å². The van der Waals surface area contributed by atoms with Crippen LogP contribution in [0.1, 0.15) is 27.7 Å². The van der Waals surface area contributed by atoms with Crippen LogP contribution >= 0.6 is 27.5 Å². The van der Waals surface area contributed by atoms with Crippen molar-refractivity contribution in [3.63, 3.8) is 0 Å². The average Bonchev–Trinajstić information content (AvgIpc) is 3.37. The van der Waals surface area contributed by atoms with Gasteiger partial charge in [0.15, 0.2) is 11.5 Å². The van der Waals surface area contributed by atoms with Crippen LogP contribution < -0.4 is 0 Å². The molecule has 1 atom stereocenters. The lowest BCUT2D eigenvalue weighted by molar-refractivity contribution is -0.129. The van der Waals surface area contributed by atoms with E-state index in [0.717, 1.165) is 10.0 Å². The predicted molar refractivity (Wildman–Crippen MR) is 134 cm³/mol. The van der Waals surface area contributed by atoms with Gasteiger partial charge in [0, 0.05) is 21.4 Å². The molecule has 0 spiro atoms. The van der Waals surface area contributed by atoms with E-state index in [4.69, 9.17) is 16.0 Å². The van der Waals surface area contributed by atoms with E-state index in [-0.39, 0.29) is 23.7 Å². The molecule has 2 heterocycles. The molecule has 0 fully saturated rings. The lowest BCUT2D eigenvalue weighted by atomic mass is 9.95. The van der Waals surface area contributed by atoms with Gasteiger partial charge < -0.3 is 14.4 Å². The Kier molecular flexibility index (Phi) is 6.21. The Hall–Kier alpha value is -3.42. The minimum absolute atomic E-state index is 0.0202. The monoisotopic (exact) mass is 553 g/mol. The van der Waals surface area contributed by atoms with Gasteiger partial charge in [-0.1, -0.05) is 51.8 Å². The molecule has 0 saturated carbocycles. The Morgan fingerprint density at radius 2 is 1.77 bits per heavy atom. The van der Waals surface area contributed by atoms with Crippen LogP contribution in [0.25, 0.3) is 11.0 Å². The Balaban J connectivity index is 1.53. The molecule has 4 aromatic rings. The van der Waals surface area contributed by atoms with Crippen molar-refractivity contribution in [2.75, 3.05) is 6.54 Å². The van der Waals surface area contributed by atoms with E-state index in [9.17, 15) is 19.1 Å². The van der Waals surface area contributed by atoms with Crippen molar-refractivity contribution in [2.24, 2.45) is 0 Å². The number of carbonyl (C=O) groups excluding carboxylic acids is 2. The minimum Gasteiger partial charge on any atom is -0.503 e. The van der Waals surface area contributed by atoms with Gasteiger partial charge in [0.05, 0.1) is 11.6 Å². The summed E-state index contributed by atoms with van der Waals surface area (Å²) in [6.45, 7) is 0.200. The maximum atomic E-state index is 13.6. The summed E-state index contributed by atoms with van der Waals surface area (Å²) < 4.78 is 19.9. The Bertz CT molecular complexity index is 1480. The fourth-order valence-electron chi connectivity index (χ4n) is 4.27. The molecule has 1 N–H and O–H groups in total. The number of hydrogen-bond acceptors (Lipinski definition) is 4. The molecule has 5 nitrogen and oxygen atoms in total. The summed E-state index contributed by atoms with van der Waals surface area (Å²) >= 11 is 9.46. The van der Waals surface area contributed by atoms with Crippen molar-refractivity contribution in [3.8, 4) is 0 Å². The number of halogens is 3. The number of furan rings is 1. The standard InChI is InChI=1S/C27H18BrClFNO4/c28-18-5-10-21-17(13-18)14-22(35-21)25(32)23-24(16-3-6-19(29)7-4-16)31(27(34)26(23)33)12-11-15-1-8-20(30)9-2-15/h1-10,13-14,24,33H,11-12H2. The molecule has 0 saturated heterocycles. The van der Waals surface area contributed by atoms with Gasteiger partial charge in [0.1, 0.15) is 11.4 Å². The van der Waals surface area contributed by atoms with E-state index < -0.39 is 23.5 Å². The number of rotatable bonds is 6. The van der Waals surface area contributed by atoms with Crippen molar-refractivity contribution < 1.29 is 23.5 Å². The van der Waals surface area contributed by atoms with Crippen LogP contribution in [0.15, 0.2) is 93.0 Å². The number of fused-ring (bicyclic) bond motifs is 1. The van der Waals surface area contributed by atoms with Gasteiger partial charge in [-0.05, 0) is 66.1 Å². The molecule has 0 radical (unpaired) electrons. The molecule has 1 amide bonds. The lowest BCUT2D eigenvalue weighted by Gasteiger charge is -2.26. The number of aliphatic hydroxyl groups excluding tert-OH is 1. The number of hydrogen-bond donors (Lipinski definition) is 1. The van der Waals surface area contributed by atoms with Crippen molar-refractivity contribution in [2.45, 2.75) is 12.5 Å². The van der Waals surface area contributed by atoms with Gasteiger partial charge in [-0.2, -0.15) is 0 Å². The first-order valence-electron chi connectivity index (χ1n) is 10.8. The molecule has 5 rings (SSSR count). The van der Waals surface area contributed by atoms with Crippen molar-refractivity contribution in [1.29, 1.82) is 0 Å². The molecule has 3 aromatic carbocycles. The third kappa shape index (κ3) is 4.49. The van der Waals surface area contributed by atoms with Crippen LogP contribution in [0.2, 0.25) is 5.02 Å². The van der Waals surface area contributed by atoms with E-state index in [0.29, 0.717) is 28.0 Å². The molecule has 1 aliphatic heterocycles. The molecule has 35 heavy (non-hydrogen) atoms. The van der Waals surface area contributed by atoms with E-state index >= 15 is 0 Å². The summed E-state index contributed by atoms with van der Waals surface area (Å²) in [6, 6.07) is 18.8. The van der Waals surface area contributed by atoms with Crippen LogP contribution in [-0.2, 0) is 11.2 Å². The zero-order valence-electron chi connectivity index (χ0n) is 18.2. The van der Waals surface area contributed by atoms with Crippen LogP contribution in [0.5, 0.6) is 0 Å². The van der Waals surface area contributed by atoms with Gasteiger partial charge in [-0.25, -0.2) is 4.39 Å². The highest BCUT2D eigenvalue weighted by molar-refractivity contribution is 9.10. The highest BCUT2D eigenvalue weighted by atomic mass is 79.9. The van der Waals surface area contributed by atoms with Crippen LogP contribution in [0.4, 0.5) is 4.39 Å². The topological polar surface area (TPSA) is 70.8 Å². The number of Topliss-reactive ketones (excluding diaryl/α,β-unsaturated/α-hetero) is 1. The van der Waals surface area contributed by atoms with E-state index in [2.05, 4.69) is 15.9 Å². The molecule has 0 aliphatic carbocycles. The minimum atomic E-state index is -0.840. The lowest BCUT2D eigenvalue weighted by Crippen LogP contribution is -2.33. The summed E-state index contributed by atoms with van der Waals surface area (Å²) in [5.74, 6) is -2.18. The number of carbonyl (C=O) groups is 2. The van der Waals surface area contributed by atoms with Crippen molar-refractivity contribution >= 4 is 50.2 Å². The molecule has 1 aliphatic rings. The number of nitrogens with zero attached hydrogens (tertiary/aromatic N) is 1. The van der Waals surface area contributed by atoms with E-state index in [1.807, 2.05) is 6.07 Å². The third-order valence-electron chi connectivity index (χ3n) is 5.99. The zero-order chi connectivity index (χ0) is 24.7. The number of aliphatic hydroxyl groups is 1. The van der Waals surface area contributed by atoms with Gasteiger partial charge in [0.2, 0.25) is 5.78 Å². The van der Waals surface area contributed by atoms with Crippen LogP contribution in [0, 0.1) is 5.82 Å². The molecular weight excluding hydrogens is 537 g/mol. The largest absolute Gasteiger partial charge is 0.503 e. The highest BCUT2D eigenvalue weighted by Crippen LogP contribution is 2.40. The van der Waals surface area contributed by atoms with Crippen molar-refractivity contribution in [3.05, 3.63) is 116 Å². The second-order valence-corrected chi connectivity index (χ2v) is 9.57. The fourth-order valence-corrected chi connectivity index (χ4v) is 4.77.